The second-order valence-electron chi connectivity index (χ2n) is 6.55. The van der Waals surface area contributed by atoms with Gasteiger partial charge < -0.3 is 15.5 Å². The SMILES string of the molecule is CC(=O)Nc1cccc(C(=O)N2CCN(CC(=O)NC(C)C)CC2)c1. The number of nitrogens with one attached hydrogen (secondary N) is 2. The van der Waals surface area contributed by atoms with E-state index in [4.69, 9.17) is 0 Å². The first-order chi connectivity index (χ1) is 11.8. The predicted octanol–water partition coefficient (Wildman–Crippen LogP) is 0.927. The van der Waals surface area contributed by atoms with E-state index in [0.29, 0.717) is 44.0 Å². The van der Waals surface area contributed by atoms with Crippen molar-refractivity contribution < 1.29 is 14.4 Å². The van der Waals surface area contributed by atoms with Gasteiger partial charge in [0.2, 0.25) is 11.8 Å². The van der Waals surface area contributed by atoms with E-state index in [1.54, 1.807) is 29.2 Å². The van der Waals surface area contributed by atoms with Crippen molar-refractivity contribution in [3.05, 3.63) is 29.8 Å². The van der Waals surface area contributed by atoms with Crippen LogP contribution in [0.15, 0.2) is 24.3 Å². The number of piperazine rings is 1. The fraction of sp³-hybridized carbons (Fsp3) is 0.500. The molecule has 1 aromatic carbocycles. The number of amides is 3. The molecule has 1 fully saturated rings. The van der Waals surface area contributed by atoms with Gasteiger partial charge in [-0.1, -0.05) is 6.07 Å². The van der Waals surface area contributed by atoms with Gasteiger partial charge in [-0.25, -0.2) is 0 Å². The molecule has 2 rings (SSSR count). The molecule has 7 nitrogen and oxygen atoms in total. The molecule has 0 unspecified atom stereocenters. The van der Waals surface area contributed by atoms with Gasteiger partial charge in [0.15, 0.2) is 0 Å². The Balaban J connectivity index is 1.89. The van der Waals surface area contributed by atoms with Crippen molar-refractivity contribution in [1.29, 1.82) is 0 Å². The molecule has 0 aromatic heterocycles. The molecule has 0 saturated carbocycles. The monoisotopic (exact) mass is 346 g/mol. The first kappa shape index (κ1) is 18.9. The summed E-state index contributed by atoms with van der Waals surface area (Å²) in [6.45, 7) is 8.16. The summed E-state index contributed by atoms with van der Waals surface area (Å²) < 4.78 is 0. The average Bonchev–Trinajstić information content (AvgIpc) is 2.53. The van der Waals surface area contributed by atoms with E-state index < -0.39 is 0 Å². The summed E-state index contributed by atoms with van der Waals surface area (Å²) in [5.74, 6) is -0.214. The van der Waals surface area contributed by atoms with E-state index in [-0.39, 0.29) is 23.8 Å². The molecule has 136 valence electrons. The smallest absolute Gasteiger partial charge is 0.254 e. The summed E-state index contributed by atoms with van der Waals surface area (Å²) in [7, 11) is 0. The number of carbonyl (C=O) groups excluding carboxylic acids is 3. The summed E-state index contributed by atoms with van der Waals surface area (Å²) in [5, 5.41) is 5.56. The lowest BCUT2D eigenvalue weighted by Crippen LogP contribution is -2.51. The highest BCUT2D eigenvalue weighted by molar-refractivity contribution is 5.96. The normalized spacial score (nSPS) is 15.1. The van der Waals surface area contributed by atoms with Gasteiger partial charge in [-0.05, 0) is 32.0 Å². The molecule has 1 saturated heterocycles. The minimum atomic E-state index is -0.169. The number of nitrogens with zero attached hydrogens (tertiary/aromatic N) is 2. The van der Waals surface area contributed by atoms with Crippen LogP contribution in [0.4, 0.5) is 5.69 Å². The quantitative estimate of drug-likeness (QED) is 0.831. The van der Waals surface area contributed by atoms with E-state index in [1.807, 2.05) is 13.8 Å². The largest absolute Gasteiger partial charge is 0.353 e. The van der Waals surface area contributed by atoms with Crippen LogP contribution in [0, 0.1) is 0 Å². The molecule has 0 radical (unpaired) electrons. The number of anilines is 1. The number of carbonyl (C=O) groups is 3. The summed E-state index contributed by atoms with van der Waals surface area (Å²) >= 11 is 0. The van der Waals surface area contributed by atoms with Crippen LogP contribution in [0.1, 0.15) is 31.1 Å². The zero-order chi connectivity index (χ0) is 18.4. The number of hydrogen-bond acceptors (Lipinski definition) is 4. The van der Waals surface area contributed by atoms with Crippen LogP contribution in [-0.4, -0.2) is 66.3 Å². The molecule has 1 aliphatic rings. The third-order valence-corrected chi connectivity index (χ3v) is 3.91. The van der Waals surface area contributed by atoms with Crippen molar-refractivity contribution >= 4 is 23.4 Å². The molecule has 0 bridgehead atoms. The van der Waals surface area contributed by atoms with Crippen molar-refractivity contribution in [1.82, 2.24) is 15.1 Å². The zero-order valence-electron chi connectivity index (χ0n) is 15.0. The van der Waals surface area contributed by atoms with Gasteiger partial charge >= 0.3 is 0 Å². The highest BCUT2D eigenvalue weighted by Gasteiger charge is 2.23. The molecule has 0 atom stereocenters. The third-order valence-electron chi connectivity index (χ3n) is 3.91. The van der Waals surface area contributed by atoms with Gasteiger partial charge in [-0.15, -0.1) is 0 Å². The molecule has 7 heteroatoms. The van der Waals surface area contributed by atoms with Gasteiger partial charge in [0.25, 0.3) is 5.91 Å². The fourth-order valence-corrected chi connectivity index (χ4v) is 2.80. The maximum atomic E-state index is 12.6. The highest BCUT2D eigenvalue weighted by Crippen LogP contribution is 2.14. The van der Waals surface area contributed by atoms with Gasteiger partial charge in [0.05, 0.1) is 6.54 Å². The Bertz CT molecular complexity index is 637. The standard InChI is InChI=1S/C18H26N4O3/c1-13(2)19-17(24)12-21-7-9-22(10-8-21)18(25)15-5-4-6-16(11-15)20-14(3)23/h4-6,11,13H,7-10,12H2,1-3H3,(H,19,24)(H,20,23). The number of hydrogen-bond donors (Lipinski definition) is 2. The topological polar surface area (TPSA) is 81.8 Å². The van der Waals surface area contributed by atoms with E-state index in [2.05, 4.69) is 15.5 Å². The summed E-state index contributed by atoms with van der Waals surface area (Å²) in [6, 6.07) is 7.07. The maximum Gasteiger partial charge on any atom is 0.254 e. The Labute approximate surface area is 148 Å². The lowest BCUT2D eigenvalue weighted by Gasteiger charge is -2.34. The first-order valence-electron chi connectivity index (χ1n) is 8.54. The molecule has 25 heavy (non-hydrogen) atoms. The Kier molecular flexibility index (Phi) is 6.52. The predicted molar refractivity (Wildman–Crippen MR) is 96.4 cm³/mol. The lowest BCUT2D eigenvalue weighted by atomic mass is 10.1. The van der Waals surface area contributed by atoms with E-state index >= 15 is 0 Å². The minimum absolute atomic E-state index is 0.0118. The molecule has 1 aliphatic heterocycles. The molecule has 2 N–H and O–H groups in total. The van der Waals surface area contributed by atoms with E-state index in [9.17, 15) is 14.4 Å². The van der Waals surface area contributed by atoms with Crippen LogP contribution in [0.2, 0.25) is 0 Å². The van der Waals surface area contributed by atoms with Crippen molar-refractivity contribution in [3.8, 4) is 0 Å². The summed E-state index contributed by atoms with van der Waals surface area (Å²) in [5.41, 5.74) is 1.17. The number of benzene rings is 1. The molecule has 1 aromatic rings. The van der Waals surface area contributed by atoms with Gasteiger partial charge in [-0.3, -0.25) is 19.3 Å². The minimum Gasteiger partial charge on any atom is -0.353 e. The van der Waals surface area contributed by atoms with Crippen molar-refractivity contribution in [2.24, 2.45) is 0 Å². The fourth-order valence-electron chi connectivity index (χ4n) is 2.80. The van der Waals surface area contributed by atoms with Crippen LogP contribution in [0.25, 0.3) is 0 Å². The van der Waals surface area contributed by atoms with Crippen LogP contribution < -0.4 is 10.6 Å². The second kappa shape index (κ2) is 8.62. The van der Waals surface area contributed by atoms with Crippen molar-refractivity contribution in [3.63, 3.8) is 0 Å². The third kappa shape index (κ3) is 5.86. The van der Waals surface area contributed by atoms with Crippen LogP contribution in [-0.2, 0) is 9.59 Å². The van der Waals surface area contributed by atoms with Crippen molar-refractivity contribution in [2.45, 2.75) is 26.8 Å². The Morgan fingerprint density at radius 2 is 1.80 bits per heavy atom. The zero-order valence-corrected chi connectivity index (χ0v) is 15.0. The molecular formula is C18H26N4O3. The van der Waals surface area contributed by atoms with Crippen LogP contribution >= 0.6 is 0 Å². The molecule has 3 amide bonds. The van der Waals surface area contributed by atoms with Crippen LogP contribution in [0.5, 0.6) is 0 Å². The lowest BCUT2D eigenvalue weighted by molar-refractivity contribution is -0.123. The summed E-state index contributed by atoms with van der Waals surface area (Å²) in [4.78, 5) is 39.4. The first-order valence-corrected chi connectivity index (χ1v) is 8.54. The number of rotatable bonds is 5. The molecule has 1 heterocycles. The maximum absolute atomic E-state index is 12.6. The van der Waals surface area contributed by atoms with E-state index in [1.165, 1.54) is 6.92 Å². The Hall–Kier alpha value is -2.41. The molecule has 0 spiro atoms. The van der Waals surface area contributed by atoms with E-state index in [0.717, 1.165) is 0 Å². The van der Waals surface area contributed by atoms with Gasteiger partial charge in [0.1, 0.15) is 0 Å². The molecular weight excluding hydrogens is 320 g/mol. The highest BCUT2D eigenvalue weighted by atomic mass is 16.2. The Morgan fingerprint density at radius 3 is 2.40 bits per heavy atom. The average molecular weight is 346 g/mol. The van der Waals surface area contributed by atoms with Crippen molar-refractivity contribution in [2.75, 3.05) is 38.0 Å². The van der Waals surface area contributed by atoms with Crippen LogP contribution in [0.3, 0.4) is 0 Å². The second-order valence-corrected chi connectivity index (χ2v) is 6.55. The molecule has 0 aliphatic carbocycles. The summed E-state index contributed by atoms with van der Waals surface area (Å²) in [6.07, 6.45) is 0. The van der Waals surface area contributed by atoms with Gasteiger partial charge in [0, 0.05) is 50.4 Å². The Morgan fingerprint density at radius 1 is 1.12 bits per heavy atom. The van der Waals surface area contributed by atoms with Gasteiger partial charge in [-0.2, -0.15) is 0 Å².